The van der Waals surface area contributed by atoms with Crippen LogP contribution >= 0.6 is 11.6 Å². The summed E-state index contributed by atoms with van der Waals surface area (Å²) in [7, 11) is 0. The molecule has 4 aliphatic heterocycles. The number of nitrogen functional groups attached to an aromatic ring is 1. The SMILES string of the molecule is CC(C)=CC(=O)N1[C@@H]2CC[C@H]1[C@H]1[C@H](C)Oc3nc(-c4cc(N)cc(Cl)c4C(F)(F)F)c(F)c4nc(OCC5(CN6CCOCC6)CC5)nc(c34)N1C2. The van der Waals surface area contributed by atoms with E-state index in [9.17, 15) is 18.0 Å². The van der Waals surface area contributed by atoms with Crippen molar-refractivity contribution >= 4 is 39.9 Å². The minimum atomic E-state index is -4.96. The van der Waals surface area contributed by atoms with Crippen LogP contribution in [0.15, 0.2) is 23.8 Å². The normalized spacial score (nSPS) is 25.0. The molecule has 1 saturated carbocycles. The number of ether oxygens (including phenoxy) is 3. The number of carbonyl (C=O) groups excluding carboxylic acids is 1. The van der Waals surface area contributed by atoms with Crippen molar-refractivity contribution in [2.75, 3.05) is 56.6 Å². The van der Waals surface area contributed by atoms with E-state index < -0.39 is 46.0 Å². The number of rotatable bonds is 7. The van der Waals surface area contributed by atoms with Crippen LogP contribution in [0.2, 0.25) is 5.02 Å². The van der Waals surface area contributed by atoms with Gasteiger partial charge >= 0.3 is 12.2 Å². The van der Waals surface area contributed by atoms with Gasteiger partial charge in [0.2, 0.25) is 11.8 Å². The zero-order chi connectivity index (χ0) is 36.7. The van der Waals surface area contributed by atoms with E-state index in [1.54, 1.807) is 6.08 Å². The number of alkyl halides is 3. The molecule has 2 bridgehead atoms. The van der Waals surface area contributed by atoms with E-state index in [0.29, 0.717) is 32.0 Å². The molecule has 11 nitrogen and oxygen atoms in total. The van der Waals surface area contributed by atoms with Crippen LogP contribution in [0.1, 0.15) is 52.0 Å². The lowest BCUT2D eigenvalue weighted by molar-refractivity contribution is -0.137. The molecule has 2 N–H and O–H groups in total. The number of allylic oxidation sites excluding steroid dienone is 1. The Balaban J connectivity index is 1.26. The van der Waals surface area contributed by atoms with Crippen molar-refractivity contribution in [3.05, 3.63) is 40.2 Å². The fraction of sp³-hybridized carbons (Fsp3) is 0.556. The molecule has 2 aromatic heterocycles. The summed E-state index contributed by atoms with van der Waals surface area (Å²) in [6.45, 7) is 9.96. The molecular weight excluding hydrogens is 706 g/mol. The summed E-state index contributed by atoms with van der Waals surface area (Å²) in [6.07, 6.45) is -0.661. The van der Waals surface area contributed by atoms with Crippen molar-refractivity contribution < 1.29 is 36.6 Å². The fourth-order valence-corrected chi connectivity index (χ4v) is 8.74. The first-order valence-corrected chi connectivity index (χ1v) is 18.0. The van der Waals surface area contributed by atoms with Gasteiger partial charge in [0.1, 0.15) is 28.5 Å². The number of nitrogens with zero attached hydrogens (tertiary/aromatic N) is 6. The number of morpholine rings is 1. The lowest BCUT2D eigenvalue weighted by Gasteiger charge is -2.48. The van der Waals surface area contributed by atoms with E-state index in [-0.39, 0.29) is 58.5 Å². The van der Waals surface area contributed by atoms with Gasteiger partial charge in [0, 0.05) is 48.9 Å². The van der Waals surface area contributed by atoms with Gasteiger partial charge in [-0.05, 0) is 58.6 Å². The molecule has 1 aliphatic carbocycles. The van der Waals surface area contributed by atoms with Crippen LogP contribution in [0.3, 0.4) is 0 Å². The number of anilines is 2. The molecule has 8 rings (SSSR count). The Morgan fingerprint density at radius 3 is 2.60 bits per heavy atom. The minimum absolute atomic E-state index is 0.0994. The predicted octanol–water partition coefficient (Wildman–Crippen LogP) is 5.87. The molecule has 5 aliphatic rings. The Bertz CT molecular complexity index is 1970. The molecule has 0 radical (unpaired) electrons. The predicted molar refractivity (Wildman–Crippen MR) is 186 cm³/mol. The van der Waals surface area contributed by atoms with Gasteiger partial charge in [0.15, 0.2) is 5.82 Å². The van der Waals surface area contributed by atoms with Gasteiger partial charge in [-0.25, -0.2) is 9.37 Å². The lowest BCUT2D eigenvalue weighted by atomic mass is 9.97. The van der Waals surface area contributed by atoms with Gasteiger partial charge < -0.3 is 29.7 Å². The summed E-state index contributed by atoms with van der Waals surface area (Å²) in [5, 5.41) is -0.579. The summed E-state index contributed by atoms with van der Waals surface area (Å²) in [4.78, 5) is 33.5. The highest BCUT2D eigenvalue weighted by Gasteiger charge is 2.53. The van der Waals surface area contributed by atoms with E-state index in [1.165, 1.54) is 0 Å². The number of hydrogen-bond acceptors (Lipinski definition) is 10. The maximum absolute atomic E-state index is 17.0. The highest BCUT2D eigenvalue weighted by molar-refractivity contribution is 6.32. The maximum atomic E-state index is 17.0. The van der Waals surface area contributed by atoms with Crippen LogP contribution < -0.4 is 20.1 Å². The molecule has 52 heavy (non-hydrogen) atoms. The zero-order valence-electron chi connectivity index (χ0n) is 29.1. The van der Waals surface area contributed by atoms with Gasteiger partial charge in [-0.15, -0.1) is 0 Å². The Morgan fingerprint density at radius 2 is 1.90 bits per heavy atom. The number of aromatic nitrogens is 3. The van der Waals surface area contributed by atoms with Crippen LogP contribution in [-0.2, 0) is 15.7 Å². The highest BCUT2D eigenvalue weighted by Crippen LogP contribution is 2.50. The summed E-state index contributed by atoms with van der Waals surface area (Å²) in [5.74, 6) is -1.06. The van der Waals surface area contributed by atoms with Gasteiger partial charge in [0.25, 0.3) is 0 Å². The minimum Gasteiger partial charge on any atom is -0.472 e. The number of hydrogen-bond donors (Lipinski definition) is 1. The van der Waals surface area contributed by atoms with Crippen LogP contribution in [0.25, 0.3) is 22.2 Å². The number of carbonyl (C=O) groups is 1. The number of halogens is 5. The molecule has 1 aromatic carbocycles. The number of pyridine rings is 1. The third-order valence-electron chi connectivity index (χ3n) is 10.9. The molecule has 4 fully saturated rings. The first-order valence-electron chi connectivity index (χ1n) is 17.6. The summed E-state index contributed by atoms with van der Waals surface area (Å²) in [5.41, 5.74) is 3.70. The quantitative estimate of drug-likeness (QED) is 0.179. The number of benzene rings is 1. The third-order valence-corrected chi connectivity index (χ3v) is 11.2. The lowest BCUT2D eigenvalue weighted by Crippen LogP contribution is -2.65. The van der Waals surface area contributed by atoms with Crippen LogP contribution in [0.5, 0.6) is 11.9 Å². The Morgan fingerprint density at radius 1 is 1.15 bits per heavy atom. The van der Waals surface area contributed by atoms with E-state index in [2.05, 4.69) is 14.9 Å². The average Bonchev–Trinajstić information content (AvgIpc) is 3.79. The number of nitrogens with two attached hydrogens (primary N) is 1. The molecule has 16 heteroatoms. The van der Waals surface area contributed by atoms with Crippen molar-refractivity contribution in [1.82, 2.24) is 24.8 Å². The number of amides is 1. The Kier molecular flexibility index (Phi) is 8.69. The van der Waals surface area contributed by atoms with Crippen molar-refractivity contribution in [2.45, 2.75) is 76.9 Å². The molecule has 0 spiro atoms. The second kappa shape index (κ2) is 12.9. The largest absolute Gasteiger partial charge is 0.472 e. The molecule has 6 heterocycles. The van der Waals surface area contributed by atoms with Gasteiger partial charge in [-0.3, -0.25) is 9.69 Å². The van der Waals surface area contributed by atoms with Gasteiger partial charge in [-0.1, -0.05) is 17.2 Å². The number of fused-ring (bicyclic) bond motifs is 5. The first kappa shape index (κ1) is 35.1. The van der Waals surface area contributed by atoms with Crippen LogP contribution in [0, 0.1) is 11.2 Å². The van der Waals surface area contributed by atoms with Crippen molar-refractivity contribution in [3.63, 3.8) is 0 Å². The molecular formula is C36H40ClF4N7O4. The third kappa shape index (κ3) is 6.17. The zero-order valence-corrected chi connectivity index (χ0v) is 29.9. The second-order valence-electron chi connectivity index (χ2n) is 15.0. The smallest absolute Gasteiger partial charge is 0.418 e. The topological polar surface area (TPSA) is 119 Å². The van der Waals surface area contributed by atoms with Gasteiger partial charge in [0.05, 0.1) is 48.5 Å². The molecule has 4 atom stereocenters. The summed E-state index contributed by atoms with van der Waals surface area (Å²) < 4.78 is 78.6. The molecule has 3 saturated heterocycles. The first-order chi connectivity index (χ1) is 24.7. The van der Waals surface area contributed by atoms with E-state index in [4.69, 9.17) is 36.5 Å². The van der Waals surface area contributed by atoms with Crippen LogP contribution in [-0.4, -0.2) is 101 Å². The monoisotopic (exact) mass is 745 g/mol. The van der Waals surface area contributed by atoms with E-state index in [1.807, 2.05) is 30.6 Å². The maximum Gasteiger partial charge on any atom is 0.418 e. The summed E-state index contributed by atoms with van der Waals surface area (Å²) in [6, 6.07) is 0.975. The van der Waals surface area contributed by atoms with Crippen LogP contribution in [0.4, 0.5) is 29.1 Å². The highest BCUT2D eigenvalue weighted by atomic mass is 35.5. The number of piperazine rings is 1. The standard InChI is InChI=1S/C36H40ClF4N7O4/c1-18(2)12-25(49)48-21-4-5-24(48)31-19(3)52-33-26-30(28(38)29(43-33)22-13-20(42)14-23(37)27(22)36(39,40)41)44-34(45-32(26)47(31)15-21)51-17-35(6-7-35)16-46-8-10-50-11-9-46/h12-14,19,21,24,31H,4-11,15-17,42H2,1-3H3/t19-,21+,24-,31+/m0/s1. The molecule has 1 amide bonds. The van der Waals surface area contributed by atoms with Crippen molar-refractivity contribution in [1.29, 1.82) is 0 Å². The Hall–Kier alpha value is -3.95. The van der Waals surface area contributed by atoms with E-state index in [0.717, 1.165) is 56.6 Å². The molecule has 278 valence electrons. The fourth-order valence-electron chi connectivity index (χ4n) is 8.41. The van der Waals surface area contributed by atoms with Crippen molar-refractivity contribution in [3.8, 4) is 23.1 Å². The summed E-state index contributed by atoms with van der Waals surface area (Å²) >= 11 is 6.09. The average molecular weight is 746 g/mol. The molecule has 3 aromatic rings. The molecule has 0 unspecified atom stereocenters. The van der Waals surface area contributed by atoms with Gasteiger partial charge in [-0.2, -0.15) is 23.1 Å². The second-order valence-corrected chi connectivity index (χ2v) is 15.4. The van der Waals surface area contributed by atoms with E-state index >= 15 is 4.39 Å². The Labute approximate surface area is 303 Å². The van der Waals surface area contributed by atoms with Crippen molar-refractivity contribution in [2.24, 2.45) is 5.41 Å².